The van der Waals surface area contributed by atoms with Gasteiger partial charge in [0, 0.05) is 32.7 Å². The molecule has 29 heavy (non-hydrogen) atoms. The Kier molecular flexibility index (Phi) is 5.90. The van der Waals surface area contributed by atoms with Crippen molar-refractivity contribution in [1.82, 2.24) is 9.80 Å². The minimum Gasteiger partial charge on any atom is -0.484 e. The molecule has 1 saturated heterocycles. The monoisotopic (exact) mass is 396 g/mol. The molecule has 0 unspecified atom stereocenters. The smallest absolute Gasteiger partial charge is 0.260 e. The number of hydrogen-bond acceptors (Lipinski definition) is 5. The molecule has 0 aromatic heterocycles. The molecule has 6 nitrogen and oxygen atoms in total. The van der Waals surface area contributed by atoms with Crippen LogP contribution in [0.5, 0.6) is 17.2 Å². The van der Waals surface area contributed by atoms with Crippen LogP contribution in [-0.4, -0.2) is 55.3 Å². The lowest BCUT2D eigenvalue weighted by Gasteiger charge is -2.34. The Morgan fingerprint density at radius 1 is 1.00 bits per heavy atom. The van der Waals surface area contributed by atoms with Gasteiger partial charge in [-0.05, 0) is 41.3 Å². The van der Waals surface area contributed by atoms with Crippen LogP contribution in [-0.2, 0) is 11.3 Å². The maximum absolute atomic E-state index is 12.5. The van der Waals surface area contributed by atoms with E-state index in [1.165, 1.54) is 11.1 Å². The van der Waals surface area contributed by atoms with E-state index in [4.69, 9.17) is 14.2 Å². The van der Waals surface area contributed by atoms with Gasteiger partial charge in [-0.25, -0.2) is 0 Å². The zero-order chi connectivity index (χ0) is 20.2. The summed E-state index contributed by atoms with van der Waals surface area (Å²) < 4.78 is 16.5. The van der Waals surface area contributed by atoms with Crippen molar-refractivity contribution >= 4 is 5.91 Å². The molecule has 0 N–H and O–H groups in total. The minimum absolute atomic E-state index is 0.0423. The molecule has 2 aliphatic heterocycles. The number of hydrogen-bond donors (Lipinski definition) is 0. The number of rotatable bonds is 6. The molecule has 4 rings (SSSR count). The fraction of sp³-hybridized carbons (Fsp3) is 0.435. The molecule has 2 aliphatic rings. The van der Waals surface area contributed by atoms with E-state index < -0.39 is 0 Å². The number of benzene rings is 2. The van der Waals surface area contributed by atoms with E-state index in [-0.39, 0.29) is 12.5 Å². The highest BCUT2D eigenvalue weighted by Crippen LogP contribution is 2.32. The summed E-state index contributed by atoms with van der Waals surface area (Å²) in [6, 6.07) is 14.1. The van der Waals surface area contributed by atoms with Gasteiger partial charge in [-0.3, -0.25) is 9.69 Å². The number of piperazine rings is 1. The summed E-state index contributed by atoms with van der Waals surface area (Å²) in [5.74, 6) is 2.89. The lowest BCUT2D eigenvalue weighted by molar-refractivity contribution is -0.135. The zero-order valence-corrected chi connectivity index (χ0v) is 17.1. The first kappa shape index (κ1) is 19.6. The third kappa shape index (κ3) is 4.82. The summed E-state index contributed by atoms with van der Waals surface area (Å²) in [5.41, 5.74) is 2.46. The molecule has 0 aliphatic carbocycles. The van der Waals surface area contributed by atoms with Gasteiger partial charge in [0.05, 0.1) is 0 Å². The van der Waals surface area contributed by atoms with Crippen molar-refractivity contribution in [2.75, 3.05) is 39.6 Å². The SMILES string of the molecule is CC(C)c1ccc(OCC(=O)N2CCN(Cc3ccc4c(c3)OCO4)CC2)cc1. The average molecular weight is 396 g/mol. The fourth-order valence-electron chi connectivity index (χ4n) is 3.64. The minimum atomic E-state index is 0.0423. The summed E-state index contributed by atoms with van der Waals surface area (Å²) in [5, 5.41) is 0. The lowest BCUT2D eigenvalue weighted by Crippen LogP contribution is -2.49. The molecular formula is C23H28N2O4. The second-order valence-electron chi connectivity index (χ2n) is 7.86. The van der Waals surface area contributed by atoms with Crippen LogP contribution in [0, 0.1) is 0 Å². The first-order valence-electron chi connectivity index (χ1n) is 10.2. The third-order valence-electron chi connectivity index (χ3n) is 5.48. The van der Waals surface area contributed by atoms with Crippen LogP contribution in [0.25, 0.3) is 0 Å². The summed E-state index contributed by atoms with van der Waals surface area (Å²) in [6.45, 7) is 8.69. The third-order valence-corrected chi connectivity index (χ3v) is 5.48. The van der Waals surface area contributed by atoms with E-state index in [0.717, 1.165) is 50.0 Å². The number of carbonyl (C=O) groups excluding carboxylic acids is 1. The largest absolute Gasteiger partial charge is 0.484 e. The van der Waals surface area contributed by atoms with Gasteiger partial charge in [0.1, 0.15) is 5.75 Å². The maximum Gasteiger partial charge on any atom is 0.260 e. The standard InChI is InChI=1S/C23H28N2O4/c1-17(2)19-4-6-20(7-5-19)27-15-23(26)25-11-9-24(10-12-25)14-18-3-8-21-22(13-18)29-16-28-21/h3-8,13,17H,9-12,14-16H2,1-2H3. The van der Waals surface area contributed by atoms with Crippen molar-refractivity contribution in [3.05, 3.63) is 53.6 Å². The van der Waals surface area contributed by atoms with Crippen LogP contribution >= 0.6 is 0 Å². The van der Waals surface area contributed by atoms with E-state index in [1.54, 1.807) is 0 Å². The molecule has 0 radical (unpaired) electrons. The molecule has 0 spiro atoms. The molecule has 154 valence electrons. The van der Waals surface area contributed by atoms with Gasteiger partial charge in [0.2, 0.25) is 6.79 Å². The highest BCUT2D eigenvalue weighted by molar-refractivity contribution is 5.77. The molecule has 0 saturated carbocycles. The van der Waals surface area contributed by atoms with E-state index in [1.807, 2.05) is 29.2 Å². The Morgan fingerprint density at radius 2 is 1.72 bits per heavy atom. The Hall–Kier alpha value is -2.73. The lowest BCUT2D eigenvalue weighted by atomic mass is 10.0. The Morgan fingerprint density at radius 3 is 2.45 bits per heavy atom. The highest BCUT2D eigenvalue weighted by atomic mass is 16.7. The highest BCUT2D eigenvalue weighted by Gasteiger charge is 2.22. The molecule has 1 fully saturated rings. The Balaban J connectivity index is 1.22. The molecular weight excluding hydrogens is 368 g/mol. The second-order valence-corrected chi connectivity index (χ2v) is 7.86. The average Bonchev–Trinajstić information content (AvgIpc) is 3.21. The predicted octanol–water partition coefficient (Wildman–Crippen LogP) is 3.26. The molecule has 0 bridgehead atoms. The number of ether oxygens (including phenoxy) is 3. The zero-order valence-electron chi connectivity index (χ0n) is 17.1. The second kappa shape index (κ2) is 8.74. The van der Waals surface area contributed by atoms with Gasteiger partial charge >= 0.3 is 0 Å². The van der Waals surface area contributed by atoms with Crippen molar-refractivity contribution in [2.45, 2.75) is 26.3 Å². The van der Waals surface area contributed by atoms with Gasteiger partial charge in [-0.15, -0.1) is 0 Å². The van der Waals surface area contributed by atoms with Crippen LogP contribution in [0.4, 0.5) is 0 Å². The first-order valence-corrected chi connectivity index (χ1v) is 10.2. The summed E-state index contributed by atoms with van der Waals surface area (Å²) in [4.78, 5) is 16.7. The fourth-order valence-corrected chi connectivity index (χ4v) is 3.64. The van der Waals surface area contributed by atoms with E-state index in [0.29, 0.717) is 12.7 Å². The van der Waals surface area contributed by atoms with E-state index in [2.05, 4.69) is 36.9 Å². The molecule has 6 heteroatoms. The summed E-state index contributed by atoms with van der Waals surface area (Å²) in [7, 11) is 0. The van der Waals surface area contributed by atoms with Crippen molar-refractivity contribution in [1.29, 1.82) is 0 Å². The maximum atomic E-state index is 12.5. The first-order chi connectivity index (χ1) is 14.1. The topological polar surface area (TPSA) is 51.2 Å². The number of nitrogens with zero attached hydrogens (tertiary/aromatic N) is 2. The predicted molar refractivity (Wildman–Crippen MR) is 110 cm³/mol. The van der Waals surface area contributed by atoms with Crippen LogP contribution in [0.15, 0.2) is 42.5 Å². The van der Waals surface area contributed by atoms with E-state index in [9.17, 15) is 4.79 Å². The van der Waals surface area contributed by atoms with Gasteiger partial charge < -0.3 is 19.1 Å². The molecule has 2 heterocycles. The quantitative estimate of drug-likeness (QED) is 0.750. The van der Waals surface area contributed by atoms with Crippen LogP contribution in [0.3, 0.4) is 0 Å². The number of fused-ring (bicyclic) bond motifs is 1. The number of carbonyl (C=O) groups is 1. The molecule has 2 aromatic rings. The van der Waals surface area contributed by atoms with E-state index >= 15 is 0 Å². The summed E-state index contributed by atoms with van der Waals surface area (Å²) in [6.07, 6.45) is 0. The summed E-state index contributed by atoms with van der Waals surface area (Å²) >= 11 is 0. The van der Waals surface area contributed by atoms with Crippen LogP contribution in [0.1, 0.15) is 30.9 Å². The van der Waals surface area contributed by atoms with Crippen molar-refractivity contribution in [3.8, 4) is 17.2 Å². The van der Waals surface area contributed by atoms with Gasteiger partial charge in [0.25, 0.3) is 5.91 Å². The van der Waals surface area contributed by atoms with Gasteiger partial charge in [-0.1, -0.05) is 32.0 Å². The molecule has 0 atom stereocenters. The van der Waals surface area contributed by atoms with Gasteiger partial charge in [0.15, 0.2) is 18.1 Å². The Bertz CT molecular complexity index is 842. The number of amides is 1. The van der Waals surface area contributed by atoms with Crippen LogP contribution in [0.2, 0.25) is 0 Å². The van der Waals surface area contributed by atoms with Crippen molar-refractivity contribution in [2.24, 2.45) is 0 Å². The normalized spacial score (nSPS) is 16.3. The van der Waals surface area contributed by atoms with Crippen LogP contribution < -0.4 is 14.2 Å². The molecule has 1 amide bonds. The molecule has 2 aromatic carbocycles. The van der Waals surface area contributed by atoms with Crippen molar-refractivity contribution < 1.29 is 19.0 Å². The Labute approximate surface area is 172 Å². The van der Waals surface area contributed by atoms with Crippen molar-refractivity contribution in [3.63, 3.8) is 0 Å². The van der Waals surface area contributed by atoms with Gasteiger partial charge in [-0.2, -0.15) is 0 Å².